The summed E-state index contributed by atoms with van der Waals surface area (Å²) in [6.45, 7) is 0.0368. The Hall–Kier alpha value is -2.44. The number of hydrogen-bond donors (Lipinski definition) is 3. The number of H-pyrrole nitrogens is 1. The number of para-hydroxylation sites is 1. The standard InChI is InChI=1S/C17H16N4OS/c22-9-12(7-11-8-18-15-4-2-1-3-13(11)15)21-16-14-5-6-23-17(14)20-10-19-16/h1-6,8,10,12,18,22H,7,9H2,(H,19,20,21)/t12-/m1/s1. The molecule has 3 heterocycles. The predicted octanol–water partition coefficient (Wildman–Crippen LogP) is 3.19. The van der Waals surface area contributed by atoms with Crippen LogP contribution in [0.3, 0.4) is 0 Å². The van der Waals surface area contributed by atoms with E-state index in [1.54, 1.807) is 17.7 Å². The Kier molecular flexibility index (Phi) is 3.69. The topological polar surface area (TPSA) is 73.8 Å². The summed E-state index contributed by atoms with van der Waals surface area (Å²) < 4.78 is 0. The Morgan fingerprint density at radius 1 is 1.17 bits per heavy atom. The van der Waals surface area contributed by atoms with Crippen LogP contribution in [0.4, 0.5) is 5.82 Å². The highest BCUT2D eigenvalue weighted by atomic mass is 32.1. The zero-order valence-electron chi connectivity index (χ0n) is 12.4. The number of aliphatic hydroxyl groups excluding tert-OH is 1. The first-order valence-electron chi connectivity index (χ1n) is 7.46. The van der Waals surface area contributed by atoms with Gasteiger partial charge in [-0.2, -0.15) is 0 Å². The molecule has 3 aromatic heterocycles. The van der Waals surface area contributed by atoms with E-state index in [1.165, 1.54) is 10.9 Å². The number of thiophene rings is 1. The van der Waals surface area contributed by atoms with Crippen molar-refractivity contribution in [3.8, 4) is 0 Å². The molecule has 0 saturated carbocycles. The average molecular weight is 324 g/mol. The first-order valence-corrected chi connectivity index (χ1v) is 8.33. The molecule has 0 aliphatic carbocycles. The summed E-state index contributed by atoms with van der Waals surface area (Å²) in [4.78, 5) is 12.8. The average Bonchev–Trinajstić information content (AvgIpc) is 3.22. The lowest BCUT2D eigenvalue weighted by Crippen LogP contribution is -2.26. The van der Waals surface area contributed by atoms with Gasteiger partial charge >= 0.3 is 0 Å². The SMILES string of the molecule is OC[C@@H](Cc1c[nH]c2ccccc12)Nc1ncnc2sccc12. The van der Waals surface area contributed by atoms with E-state index in [9.17, 15) is 5.11 Å². The van der Waals surface area contributed by atoms with Crippen molar-refractivity contribution in [2.75, 3.05) is 11.9 Å². The van der Waals surface area contributed by atoms with Gasteiger partial charge in [0.05, 0.1) is 18.0 Å². The Morgan fingerprint density at radius 2 is 2.09 bits per heavy atom. The Bertz CT molecular complexity index is 946. The minimum absolute atomic E-state index is 0.0368. The molecule has 0 fully saturated rings. The minimum Gasteiger partial charge on any atom is -0.394 e. The minimum atomic E-state index is -0.104. The lowest BCUT2D eigenvalue weighted by atomic mass is 10.1. The van der Waals surface area contributed by atoms with Crippen molar-refractivity contribution < 1.29 is 5.11 Å². The first kappa shape index (κ1) is 14.2. The van der Waals surface area contributed by atoms with Gasteiger partial charge in [-0.05, 0) is 29.5 Å². The number of rotatable bonds is 5. The first-order chi connectivity index (χ1) is 11.3. The number of benzene rings is 1. The van der Waals surface area contributed by atoms with Crippen molar-refractivity contribution in [2.24, 2.45) is 0 Å². The van der Waals surface area contributed by atoms with Crippen molar-refractivity contribution >= 4 is 38.3 Å². The second-order valence-electron chi connectivity index (χ2n) is 5.45. The monoisotopic (exact) mass is 324 g/mol. The van der Waals surface area contributed by atoms with Gasteiger partial charge in [-0.3, -0.25) is 0 Å². The molecule has 0 aliphatic rings. The summed E-state index contributed by atoms with van der Waals surface area (Å²) >= 11 is 1.58. The van der Waals surface area contributed by atoms with Gasteiger partial charge in [0.1, 0.15) is 17.0 Å². The molecule has 5 nitrogen and oxygen atoms in total. The Labute approximate surface area is 137 Å². The second-order valence-corrected chi connectivity index (χ2v) is 6.34. The third kappa shape index (κ3) is 2.67. The van der Waals surface area contributed by atoms with Crippen molar-refractivity contribution in [3.05, 3.63) is 53.8 Å². The van der Waals surface area contributed by atoms with E-state index >= 15 is 0 Å². The molecule has 0 aliphatic heterocycles. The molecule has 4 rings (SSSR count). The molecule has 116 valence electrons. The highest BCUT2D eigenvalue weighted by molar-refractivity contribution is 7.16. The third-order valence-corrected chi connectivity index (χ3v) is 4.78. The molecule has 23 heavy (non-hydrogen) atoms. The quantitative estimate of drug-likeness (QED) is 0.527. The number of nitrogens with zero attached hydrogens (tertiary/aromatic N) is 2. The van der Waals surface area contributed by atoms with E-state index < -0.39 is 0 Å². The van der Waals surface area contributed by atoms with E-state index in [1.807, 2.05) is 29.8 Å². The molecule has 0 saturated heterocycles. The lowest BCUT2D eigenvalue weighted by Gasteiger charge is -2.17. The summed E-state index contributed by atoms with van der Waals surface area (Å²) in [5, 5.41) is 17.3. The van der Waals surface area contributed by atoms with Gasteiger partial charge in [0.15, 0.2) is 0 Å². The number of hydrogen-bond acceptors (Lipinski definition) is 5. The second kappa shape index (κ2) is 5.98. The van der Waals surface area contributed by atoms with Gasteiger partial charge < -0.3 is 15.4 Å². The third-order valence-electron chi connectivity index (χ3n) is 3.96. The van der Waals surface area contributed by atoms with Crippen molar-refractivity contribution in [3.63, 3.8) is 0 Å². The summed E-state index contributed by atoms with van der Waals surface area (Å²) in [6, 6.07) is 10.1. The highest BCUT2D eigenvalue weighted by Crippen LogP contribution is 2.25. The molecule has 0 radical (unpaired) electrons. The summed E-state index contributed by atoms with van der Waals surface area (Å²) in [6.07, 6.45) is 4.28. The van der Waals surface area contributed by atoms with Gasteiger partial charge in [-0.25, -0.2) is 9.97 Å². The van der Waals surface area contributed by atoms with Gasteiger partial charge in [0.25, 0.3) is 0 Å². The van der Waals surface area contributed by atoms with Crippen LogP contribution < -0.4 is 5.32 Å². The fourth-order valence-corrected chi connectivity index (χ4v) is 3.56. The van der Waals surface area contributed by atoms with Crippen molar-refractivity contribution in [2.45, 2.75) is 12.5 Å². The van der Waals surface area contributed by atoms with E-state index in [2.05, 4.69) is 32.4 Å². The largest absolute Gasteiger partial charge is 0.394 e. The number of fused-ring (bicyclic) bond motifs is 2. The van der Waals surface area contributed by atoms with Crippen LogP contribution in [0.5, 0.6) is 0 Å². The maximum atomic E-state index is 9.77. The fourth-order valence-electron chi connectivity index (χ4n) is 2.83. The molecule has 4 aromatic rings. The smallest absolute Gasteiger partial charge is 0.138 e. The summed E-state index contributed by atoms with van der Waals surface area (Å²) in [5.74, 6) is 0.773. The number of aromatic amines is 1. The number of nitrogens with one attached hydrogen (secondary N) is 2. The summed E-state index contributed by atoms with van der Waals surface area (Å²) in [7, 11) is 0. The van der Waals surface area contributed by atoms with Crippen LogP contribution in [0.25, 0.3) is 21.1 Å². The molecule has 6 heteroatoms. The van der Waals surface area contributed by atoms with Crippen LogP contribution in [0.2, 0.25) is 0 Å². The summed E-state index contributed by atoms with van der Waals surface area (Å²) in [5.41, 5.74) is 2.30. The van der Waals surface area contributed by atoms with Crippen LogP contribution in [0.15, 0.2) is 48.2 Å². The molecule has 0 spiro atoms. The zero-order valence-corrected chi connectivity index (χ0v) is 13.2. The molecular weight excluding hydrogens is 308 g/mol. The Balaban J connectivity index is 1.60. The van der Waals surface area contributed by atoms with Crippen molar-refractivity contribution in [1.29, 1.82) is 0 Å². The molecule has 1 aromatic carbocycles. The van der Waals surface area contributed by atoms with Gasteiger partial charge in [0.2, 0.25) is 0 Å². The molecule has 3 N–H and O–H groups in total. The van der Waals surface area contributed by atoms with Crippen LogP contribution in [0, 0.1) is 0 Å². The molecule has 0 bridgehead atoms. The normalized spacial score (nSPS) is 12.7. The van der Waals surface area contributed by atoms with Crippen LogP contribution in [-0.2, 0) is 6.42 Å². The van der Waals surface area contributed by atoms with E-state index in [-0.39, 0.29) is 12.6 Å². The van der Waals surface area contributed by atoms with Crippen LogP contribution in [0.1, 0.15) is 5.56 Å². The Morgan fingerprint density at radius 3 is 3.00 bits per heavy atom. The van der Waals surface area contributed by atoms with E-state index in [0.717, 1.165) is 28.0 Å². The zero-order chi connectivity index (χ0) is 15.6. The van der Waals surface area contributed by atoms with Crippen LogP contribution in [-0.4, -0.2) is 32.7 Å². The maximum absolute atomic E-state index is 9.77. The van der Waals surface area contributed by atoms with Crippen molar-refractivity contribution in [1.82, 2.24) is 15.0 Å². The van der Waals surface area contributed by atoms with Gasteiger partial charge in [-0.1, -0.05) is 18.2 Å². The maximum Gasteiger partial charge on any atom is 0.138 e. The lowest BCUT2D eigenvalue weighted by molar-refractivity contribution is 0.274. The molecular formula is C17H16N4OS. The van der Waals surface area contributed by atoms with Gasteiger partial charge in [-0.15, -0.1) is 11.3 Å². The number of anilines is 1. The van der Waals surface area contributed by atoms with E-state index in [4.69, 9.17) is 0 Å². The fraction of sp³-hybridized carbons (Fsp3) is 0.176. The molecule has 0 amide bonds. The number of aromatic nitrogens is 3. The van der Waals surface area contributed by atoms with E-state index in [0.29, 0.717) is 0 Å². The molecule has 1 atom stereocenters. The number of aliphatic hydroxyl groups is 1. The molecule has 0 unspecified atom stereocenters. The highest BCUT2D eigenvalue weighted by Gasteiger charge is 2.14. The predicted molar refractivity (Wildman–Crippen MR) is 93.9 cm³/mol. The van der Waals surface area contributed by atoms with Crippen LogP contribution >= 0.6 is 11.3 Å². The van der Waals surface area contributed by atoms with Gasteiger partial charge in [0, 0.05) is 17.1 Å².